The lowest BCUT2D eigenvalue weighted by Gasteiger charge is -2.36. The molecule has 0 aromatic heterocycles. The Kier molecular flexibility index (Phi) is 7.10. The molecular weight excluding hydrogens is 440 g/mol. The number of benzene rings is 3. The summed E-state index contributed by atoms with van der Waals surface area (Å²) in [6, 6.07) is 26.1. The summed E-state index contributed by atoms with van der Waals surface area (Å²) in [7, 11) is 2.65. The second-order valence-electron chi connectivity index (χ2n) is 9.18. The molecule has 0 radical (unpaired) electrons. The molecule has 3 aromatic carbocycles. The summed E-state index contributed by atoms with van der Waals surface area (Å²) >= 11 is 0. The lowest BCUT2D eigenvalue weighted by atomic mass is 9.79. The molecular formula is C29H32N2O4. The van der Waals surface area contributed by atoms with Crippen LogP contribution >= 0.6 is 0 Å². The lowest BCUT2D eigenvalue weighted by molar-refractivity contribution is -0.169. The van der Waals surface area contributed by atoms with Gasteiger partial charge in [0.25, 0.3) is 0 Å². The van der Waals surface area contributed by atoms with Crippen molar-refractivity contribution < 1.29 is 19.1 Å². The van der Waals surface area contributed by atoms with Crippen LogP contribution in [0, 0.1) is 19.3 Å². The number of nitrogens with zero attached hydrogens (tertiary/aromatic N) is 2. The van der Waals surface area contributed by atoms with Crippen molar-refractivity contribution in [2.24, 2.45) is 5.41 Å². The Hall–Kier alpha value is -3.80. The van der Waals surface area contributed by atoms with E-state index < -0.39 is 17.4 Å². The fourth-order valence-corrected chi connectivity index (χ4v) is 4.83. The Morgan fingerprint density at radius 1 is 0.771 bits per heavy atom. The summed E-state index contributed by atoms with van der Waals surface area (Å²) < 4.78 is 10.5. The molecule has 0 N–H and O–H groups in total. The fourth-order valence-electron chi connectivity index (χ4n) is 4.83. The van der Waals surface area contributed by atoms with E-state index in [1.54, 1.807) is 0 Å². The maximum absolute atomic E-state index is 13.4. The molecule has 1 atom stereocenters. The minimum atomic E-state index is -1.51. The van der Waals surface area contributed by atoms with Crippen molar-refractivity contribution in [2.75, 3.05) is 37.2 Å². The van der Waals surface area contributed by atoms with E-state index >= 15 is 0 Å². The molecule has 35 heavy (non-hydrogen) atoms. The summed E-state index contributed by atoms with van der Waals surface area (Å²) in [5.41, 5.74) is 3.72. The van der Waals surface area contributed by atoms with E-state index in [9.17, 15) is 9.59 Å². The Balaban J connectivity index is 1.92. The second kappa shape index (κ2) is 10.2. The molecule has 0 amide bonds. The molecule has 6 heteroatoms. The van der Waals surface area contributed by atoms with Crippen molar-refractivity contribution in [1.29, 1.82) is 0 Å². The number of esters is 2. The highest BCUT2D eigenvalue weighted by molar-refractivity contribution is 6.01. The smallest absolute Gasteiger partial charge is 0.325 e. The standard InChI is InChI=1S/C29H32N2O4/c1-21-10-14-24(15-11-21)30-19-29(27(32)34-3,28(33)35-4)18-26(23-8-6-5-7-9-23)31(20-30)25-16-12-22(2)13-17-25/h5-17,26H,18-20H2,1-4H3. The summed E-state index contributed by atoms with van der Waals surface area (Å²) in [5, 5.41) is 0. The highest BCUT2D eigenvalue weighted by Crippen LogP contribution is 2.43. The Morgan fingerprint density at radius 2 is 1.29 bits per heavy atom. The lowest BCUT2D eigenvalue weighted by Crippen LogP contribution is -2.49. The van der Waals surface area contributed by atoms with Gasteiger partial charge in [0, 0.05) is 24.3 Å². The topological polar surface area (TPSA) is 59.1 Å². The van der Waals surface area contributed by atoms with Crippen molar-refractivity contribution in [3.05, 3.63) is 95.6 Å². The maximum atomic E-state index is 13.4. The highest BCUT2D eigenvalue weighted by atomic mass is 16.5. The molecule has 182 valence electrons. The molecule has 1 unspecified atom stereocenters. The molecule has 3 aromatic rings. The second-order valence-corrected chi connectivity index (χ2v) is 9.18. The van der Waals surface area contributed by atoms with Crippen LogP contribution < -0.4 is 9.80 Å². The molecule has 4 rings (SSSR count). The van der Waals surface area contributed by atoms with Crippen LogP contribution in [0.3, 0.4) is 0 Å². The van der Waals surface area contributed by atoms with Crippen LogP contribution in [0.25, 0.3) is 0 Å². The van der Waals surface area contributed by atoms with E-state index in [1.165, 1.54) is 14.2 Å². The first-order valence-corrected chi connectivity index (χ1v) is 11.7. The molecule has 0 spiro atoms. The Labute approximate surface area is 207 Å². The molecule has 0 bridgehead atoms. The van der Waals surface area contributed by atoms with Gasteiger partial charge in [-0.05, 0) is 43.7 Å². The van der Waals surface area contributed by atoms with Gasteiger partial charge in [-0.2, -0.15) is 0 Å². The number of aryl methyl sites for hydroxylation is 2. The molecule has 1 saturated heterocycles. The zero-order chi connectivity index (χ0) is 25.0. The van der Waals surface area contributed by atoms with Gasteiger partial charge in [-0.25, -0.2) is 0 Å². The van der Waals surface area contributed by atoms with Crippen molar-refractivity contribution in [3.63, 3.8) is 0 Å². The number of hydrogen-bond donors (Lipinski definition) is 0. The van der Waals surface area contributed by atoms with Crippen LogP contribution in [0.5, 0.6) is 0 Å². The van der Waals surface area contributed by atoms with E-state index in [2.05, 4.69) is 41.0 Å². The molecule has 1 aliphatic rings. The molecule has 0 saturated carbocycles. The highest BCUT2D eigenvalue weighted by Gasteiger charge is 2.54. The third kappa shape index (κ3) is 4.87. The van der Waals surface area contributed by atoms with Crippen molar-refractivity contribution in [3.8, 4) is 0 Å². The van der Waals surface area contributed by atoms with Crippen molar-refractivity contribution in [1.82, 2.24) is 0 Å². The minimum absolute atomic E-state index is 0.140. The van der Waals surface area contributed by atoms with E-state index in [0.717, 1.165) is 28.1 Å². The zero-order valence-electron chi connectivity index (χ0n) is 20.7. The van der Waals surface area contributed by atoms with Gasteiger partial charge in [-0.3, -0.25) is 9.59 Å². The van der Waals surface area contributed by atoms with Crippen LogP contribution in [0.4, 0.5) is 11.4 Å². The first-order valence-electron chi connectivity index (χ1n) is 11.7. The number of anilines is 2. The predicted molar refractivity (Wildman–Crippen MR) is 137 cm³/mol. The van der Waals surface area contributed by atoms with Crippen LogP contribution in [0.1, 0.15) is 29.2 Å². The molecule has 0 aliphatic carbocycles. The van der Waals surface area contributed by atoms with Crippen LogP contribution in [0.2, 0.25) is 0 Å². The Morgan fingerprint density at radius 3 is 1.80 bits per heavy atom. The van der Waals surface area contributed by atoms with Crippen LogP contribution in [-0.4, -0.2) is 39.4 Å². The summed E-state index contributed by atoms with van der Waals surface area (Å²) in [6.45, 7) is 4.70. The number of hydrogen-bond acceptors (Lipinski definition) is 6. The average molecular weight is 473 g/mol. The number of methoxy groups -OCH3 is 2. The SMILES string of the molecule is COC(=O)C1(C(=O)OC)CC(c2ccccc2)N(c2ccc(C)cc2)CN(c2ccc(C)cc2)C1. The van der Waals surface area contributed by atoms with E-state index in [0.29, 0.717) is 6.67 Å². The first kappa shape index (κ1) is 24.3. The van der Waals surface area contributed by atoms with Crippen LogP contribution in [0.15, 0.2) is 78.9 Å². The number of ether oxygens (including phenoxy) is 2. The summed E-state index contributed by atoms with van der Waals surface area (Å²) in [4.78, 5) is 31.1. The van der Waals surface area contributed by atoms with E-state index in [-0.39, 0.29) is 19.0 Å². The van der Waals surface area contributed by atoms with Gasteiger partial charge in [0.1, 0.15) is 0 Å². The minimum Gasteiger partial charge on any atom is -0.468 e. The van der Waals surface area contributed by atoms with Crippen LogP contribution in [-0.2, 0) is 19.1 Å². The van der Waals surface area contributed by atoms with Gasteiger partial charge in [0.05, 0.1) is 26.9 Å². The summed E-state index contributed by atoms with van der Waals surface area (Å²) in [6.07, 6.45) is 0.215. The maximum Gasteiger partial charge on any atom is 0.325 e. The monoisotopic (exact) mass is 472 g/mol. The van der Waals surface area contributed by atoms with Gasteiger partial charge >= 0.3 is 11.9 Å². The quantitative estimate of drug-likeness (QED) is 0.383. The molecule has 1 heterocycles. The average Bonchev–Trinajstić information content (AvgIpc) is 3.08. The normalized spacial score (nSPS) is 17.4. The summed E-state index contributed by atoms with van der Waals surface area (Å²) in [5.74, 6) is -1.18. The van der Waals surface area contributed by atoms with Crippen molar-refractivity contribution in [2.45, 2.75) is 26.3 Å². The zero-order valence-corrected chi connectivity index (χ0v) is 20.7. The first-order chi connectivity index (χ1) is 16.9. The van der Waals surface area contributed by atoms with Crippen molar-refractivity contribution >= 4 is 23.3 Å². The Bertz CT molecular complexity index is 1140. The third-order valence-electron chi connectivity index (χ3n) is 6.80. The predicted octanol–water partition coefficient (Wildman–Crippen LogP) is 5.05. The van der Waals surface area contributed by atoms with Gasteiger partial charge in [-0.15, -0.1) is 0 Å². The molecule has 1 fully saturated rings. The van der Waals surface area contributed by atoms with E-state index in [4.69, 9.17) is 9.47 Å². The van der Waals surface area contributed by atoms with E-state index in [1.807, 2.05) is 61.5 Å². The molecule has 6 nitrogen and oxygen atoms in total. The third-order valence-corrected chi connectivity index (χ3v) is 6.80. The number of carbonyl (C=O) groups is 2. The molecule has 1 aliphatic heterocycles. The number of rotatable bonds is 5. The van der Waals surface area contributed by atoms with Gasteiger partial charge in [0.2, 0.25) is 0 Å². The number of carbonyl (C=O) groups excluding carboxylic acids is 2. The van der Waals surface area contributed by atoms with Gasteiger partial charge in [-0.1, -0.05) is 65.7 Å². The largest absolute Gasteiger partial charge is 0.468 e. The van der Waals surface area contributed by atoms with Gasteiger partial charge in [0.15, 0.2) is 5.41 Å². The fraction of sp³-hybridized carbons (Fsp3) is 0.310. The van der Waals surface area contributed by atoms with Gasteiger partial charge < -0.3 is 19.3 Å².